The molecule has 0 bridgehead atoms. The standard InChI is InChI=1S/C14H18N6O2/c15-17-14(22)13-10-9-19(7-8-21)6-4-11(10)20(18-13)12-3-1-2-5-16-12/h1-3,5,21H,4,6-9,15H2,(H,17,22). The van der Waals surface area contributed by atoms with Crippen LogP contribution >= 0.6 is 0 Å². The molecule has 0 fully saturated rings. The second kappa shape index (κ2) is 6.22. The number of pyridine rings is 1. The SMILES string of the molecule is NNC(=O)c1nn(-c2ccccn2)c2c1CN(CCO)CC2. The lowest BCUT2D eigenvalue weighted by molar-refractivity contribution is 0.0945. The van der Waals surface area contributed by atoms with Crippen molar-refractivity contribution >= 4 is 5.91 Å². The smallest absolute Gasteiger partial charge is 0.286 e. The van der Waals surface area contributed by atoms with Crippen LogP contribution in [0.4, 0.5) is 0 Å². The van der Waals surface area contributed by atoms with Gasteiger partial charge in [-0.15, -0.1) is 0 Å². The zero-order valence-corrected chi connectivity index (χ0v) is 12.1. The number of amides is 1. The van der Waals surface area contributed by atoms with Gasteiger partial charge in [-0.05, 0) is 12.1 Å². The van der Waals surface area contributed by atoms with E-state index in [1.54, 1.807) is 10.9 Å². The number of nitrogens with one attached hydrogen (secondary N) is 1. The number of nitrogens with two attached hydrogens (primary N) is 1. The largest absolute Gasteiger partial charge is 0.395 e. The number of fused-ring (bicyclic) bond motifs is 1. The van der Waals surface area contributed by atoms with Crippen molar-refractivity contribution in [1.29, 1.82) is 0 Å². The summed E-state index contributed by atoms with van der Waals surface area (Å²) in [5, 5.41) is 13.5. The minimum Gasteiger partial charge on any atom is -0.395 e. The number of aliphatic hydroxyl groups excluding tert-OH is 1. The summed E-state index contributed by atoms with van der Waals surface area (Å²) in [6.45, 7) is 2.02. The zero-order valence-electron chi connectivity index (χ0n) is 12.1. The molecule has 1 amide bonds. The van der Waals surface area contributed by atoms with E-state index in [1.165, 1.54) is 0 Å². The molecule has 22 heavy (non-hydrogen) atoms. The lowest BCUT2D eigenvalue weighted by Gasteiger charge is -2.26. The van der Waals surface area contributed by atoms with Gasteiger partial charge in [-0.1, -0.05) is 6.07 Å². The summed E-state index contributed by atoms with van der Waals surface area (Å²) in [6.07, 6.45) is 2.42. The molecule has 0 aromatic carbocycles. The second-order valence-corrected chi connectivity index (χ2v) is 5.10. The third kappa shape index (κ3) is 2.59. The van der Waals surface area contributed by atoms with E-state index in [0.29, 0.717) is 24.6 Å². The number of nitrogens with zero attached hydrogens (tertiary/aromatic N) is 4. The minimum atomic E-state index is -0.420. The number of aliphatic hydroxyl groups is 1. The van der Waals surface area contributed by atoms with Crippen LogP contribution in [-0.2, 0) is 13.0 Å². The van der Waals surface area contributed by atoms with E-state index in [1.807, 2.05) is 18.2 Å². The fraction of sp³-hybridized carbons (Fsp3) is 0.357. The summed E-state index contributed by atoms with van der Waals surface area (Å²) >= 11 is 0. The van der Waals surface area contributed by atoms with Gasteiger partial charge >= 0.3 is 0 Å². The van der Waals surface area contributed by atoms with E-state index < -0.39 is 5.91 Å². The molecule has 2 aromatic heterocycles. The van der Waals surface area contributed by atoms with Crippen LogP contribution in [0.25, 0.3) is 5.82 Å². The summed E-state index contributed by atoms with van der Waals surface area (Å²) in [4.78, 5) is 18.4. The van der Waals surface area contributed by atoms with Gasteiger partial charge in [0, 0.05) is 37.8 Å². The molecule has 1 aliphatic rings. The van der Waals surface area contributed by atoms with Crippen molar-refractivity contribution in [2.75, 3.05) is 19.7 Å². The fourth-order valence-electron chi connectivity index (χ4n) is 2.73. The molecule has 3 heterocycles. The first-order valence-electron chi connectivity index (χ1n) is 7.11. The van der Waals surface area contributed by atoms with E-state index in [4.69, 9.17) is 10.9 Å². The molecule has 4 N–H and O–H groups in total. The molecule has 0 saturated heterocycles. The summed E-state index contributed by atoms with van der Waals surface area (Å²) in [7, 11) is 0. The molecule has 0 radical (unpaired) electrons. The van der Waals surface area contributed by atoms with Crippen LogP contribution in [0.1, 0.15) is 21.7 Å². The molecule has 0 spiro atoms. The predicted molar refractivity (Wildman–Crippen MR) is 79.1 cm³/mol. The van der Waals surface area contributed by atoms with Gasteiger partial charge in [0.05, 0.1) is 12.3 Å². The topological polar surface area (TPSA) is 109 Å². The van der Waals surface area contributed by atoms with E-state index in [2.05, 4.69) is 20.4 Å². The zero-order chi connectivity index (χ0) is 15.5. The summed E-state index contributed by atoms with van der Waals surface area (Å²) in [5.41, 5.74) is 4.26. The molecule has 0 unspecified atom stereocenters. The van der Waals surface area contributed by atoms with E-state index in [0.717, 1.165) is 24.2 Å². The molecular weight excluding hydrogens is 284 g/mol. The number of hydrogen-bond acceptors (Lipinski definition) is 6. The molecule has 0 atom stereocenters. The number of hydrogen-bond donors (Lipinski definition) is 3. The number of hydrazine groups is 1. The highest BCUT2D eigenvalue weighted by molar-refractivity contribution is 5.93. The van der Waals surface area contributed by atoms with Crippen molar-refractivity contribution in [2.24, 2.45) is 5.84 Å². The summed E-state index contributed by atoms with van der Waals surface area (Å²) in [6, 6.07) is 5.55. The van der Waals surface area contributed by atoms with Crippen LogP contribution in [0, 0.1) is 0 Å². The third-order valence-corrected chi connectivity index (χ3v) is 3.77. The van der Waals surface area contributed by atoms with E-state index >= 15 is 0 Å². The van der Waals surface area contributed by atoms with Crippen molar-refractivity contribution in [3.63, 3.8) is 0 Å². The highest BCUT2D eigenvalue weighted by atomic mass is 16.3. The molecule has 2 aromatic rings. The van der Waals surface area contributed by atoms with Crippen molar-refractivity contribution in [3.05, 3.63) is 41.3 Å². The second-order valence-electron chi connectivity index (χ2n) is 5.10. The molecule has 8 nitrogen and oxygen atoms in total. The van der Waals surface area contributed by atoms with Gasteiger partial charge < -0.3 is 5.11 Å². The number of nitrogen functional groups attached to an aromatic ring is 1. The predicted octanol–water partition coefficient (Wildman–Crippen LogP) is -0.779. The first-order valence-corrected chi connectivity index (χ1v) is 7.11. The third-order valence-electron chi connectivity index (χ3n) is 3.77. The Kier molecular flexibility index (Phi) is 4.14. The van der Waals surface area contributed by atoms with E-state index in [9.17, 15) is 4.79 Å². The van der Waals surface area contributed by atoms with Crippen molar-refractivity contribution in [3.8, 4) is 5.82 Å². The molecular formula is C14H18N6O2. The van der Waals surface area contributed by atoms with Crippen LogP contribution in [0.2, 0.25) is 0 Å². The Labute approximate surface area is 127 Å². The lowest BCUT2D eigenvalue weighted by atomic mass is 10.0. The van der Waals surface area contributed by atoms with Crippen molar-refractivity contribution in [2.45, 2.75) is 13.0 Å². The first-order chi connectivity index (χ1) is 10.7. The fourth-order valence-corrected chi connectivity index (χ4v) is 2.73. The van der Waals surface area contributed by atoms with E-state index in [-0.39, 0.29) is 6.61 Å². The maximum absolute atomic E-state index is 12.0. The number of rotatable bonds is 4. The summed E-state index contributed by atoms with van der Waals surface area (Å²) in [5.74, 6) is 5.51. The number of aromatic nitrogens is 3. The Morgan fingerprint density at radius 3 is 3.00 bits per heavy atom. The van der Waals surface area contributed by atoms with Gasteiger partial charge in [-0.3, -0.25) is 15.1 Å². The van der Waals surface area contributed by atoms with Gasteiger partial charge in [-0.25, -0.2) is 15.5 Å². The maximum atomic E-state index is 12.0. The van der Waals surface area contributed by atoms with Crippen molar-refractivity contribution in [1.82, 2.24) is 25.1 Å². The van der Waals surface area contributed by atoms with Crippen LogP contribution in [-0.4, -0.2) is 50.4 Å². The monoisotopic (exact) mass is 302 g/mol. The highest BCUT2D eigenvalue weighted by Crippen LogP contribution is 2.24. The quantitative estimate of drug-likeness (QED) is 0.388. The van der Waals surface area contributed by atoms with Crippen LogP contribution in [0.3, 0.4) is 0 Å². The molecule has 116 valence electrons. The Morgan fingerprint density at radius 1 is 1.45 bits per heavy atom. The molecule has 0 aliphatic carbocycles. The number of carbonyl (C=O) groups is 1. The normalized spacial score (nSPS) is 14.6. The molecule has 8 heteroatoms. The van der Waals surface area contributed by atoms with Crippen LogP contribution in [0.5, 0.6) is 0 Å². The van der Waals surface area contributed by atoms with Crippen molar-refractivity contribution < 1.29 is 9.90 Å². The number of β-amino-alcohol motifs (C(OH)–C–C–N with tert-alkyl or cyclic N) is 1. The average molecular weight is 302 g/mol. The molecule has 1 aliphatic heterocycles. The van der Waals surface area contributed by atoms with Crippen LogP contribution < -0.4 is 11.3 Å². The Balaban J connectivity index is 2.05. The molecule has 3 rings (SSSR count). The van der Waals surface area contributed by atoms with Gasteiger partial charge in [0.25, 0.3) is 5.91 Å². The average Bonchev–Trinajstić information content (AvgIpc) is 2.94. The van der Waals surface area contributed by atoms with Gasteiger partial charge in [0.1, 0.15) is 0 Å². The first kappa shape index (κ1) is 14.6. The lowest BCUT2D eigenvalue weighted by Crippen LogP contribution is -2.35. The molecule has 0 saturated carbocycles. The maximum Gasteiger partial charge on any atom is 0.286 e. The van der Waals surface area contributed by atoms with Gasteiger partial charge in [-0.2, -0.15) is 5.10 Å². The Hall–Kier alpha value is -2.29. The van der Waals surface area contributed by atoms with Gasteiger partial charge in [0.2, 0.25) is 0 Å². The summed E-state index contributed by atoms with van der Waals surface area (Å²) < 4.78 is 1.70. The number of carbonyl (C=O) groups excluding carboxylic acids is 1. The van der Waals surface area contributed by atoms with Gasteiger partial charge in [0.15, 0.2) is 11.5 Å². The van der Waals surface area contributed by atoms with Crippen LogP contribution in [0.15, 0.2) is 24.4 Å². The minimum absolute atomic E-state index is 0.0854. The Morgan fingerprint density at radius 2 is 2.32 bits per heavy atom. The highest BCUT2D eigenvalue weighted by Gasteiger charge is 2.28. The Bertz CT molecular complexity index is 669.